The van der Waals surface area contributed by atoms with Gasteiger partial charge in [-0.1, -0.05) is 0 Å². The summed E-state index contributed by atoms with van der Waals surface area (Å²) in [5.74, 6) is 1.01. The van der Waals surface area contributed by atoms with E-state index in [1.54, 1.807) is 17.4 Å². The Morgan fingerprint density at radius 1 is 1.05 bits per heavy atom. The van der Waals surface area contributed by atoms with Gasteiger partial charge in [0.2, 0.25) is 5.88 Å². The van der Waals surface area contributed by atoms with E-state index < -0.39 is 0 Å². The maximum absolute atomic E-state index is 10.0. The molecule has 0 aliphatic heterocycles. The number of hydrogen-bond donors (Lipinski definition) is 1. The third kappa shape index (κ3) is 2.10. The quantitative estimate of drug-likeness (QED) is 0.770. The molecule has 0 aliphatic carbocycles. The van der Waals surface area contributed by atoms with Gasteiger partial charge in [-0.05, 0) is 55.0 Å². The minimum absolute atomic E-state index is 0.118. The third-order valence-electron chi connectivity index (χ3n) is 3.30. The first-order valence-corrected chi connectivity index (χ1v) is 7.11. The zero-order chi connectivity index (χ0) is 14.3. The fourth-order valence-corrected chi connectivity index (χ4v) is 2.90. The number of hydrogen-bond acceptors (Lipinski definition) is 5. The number of ether oxygens (including phenoxy) is 1. The third-order valence-corrected chi connectivity index (χ3v) is 4.31. The van der Waals surface area contributed by atoms with Crippen molar-refractivity contribution in [2.24, 2.45) is 0 Å². The highest BCUT2D eigenvalue weighted by Crippen LogP contribution is 2.37. The second kappa shape index (κ2) is 4.76. The van der Waals surface area contributed by atoms with E-state index in [2.05, 4.69) is 9.97 Å². The van der Waals surface area contributed by atoms with Crippen molar-refractivity contribution >= 4 is 21.6 Å². The molecule has 20 heavy (non-hydrogen) atoms. The molecule has 4 nitrogen and oxygen atoms in total. The zero-order valence-electron chi connectivity index (χ0n) is 11.5. The Kier molecular flexibility index (Phi) is 3.06. The van der Waals surface area contributed by atoms with Gasteiger partial charge in [-0.25, -0.2) is 9.97 Å². The Labute approximate surface area is 120 Å². The van der Waals surface area contributed by atoms with Gasteiger partial charge >= 0.3 is 0 Å². The summed E-state index contributed by atoms with van der Waals surface area (Å²) in [7, 11) is 0. The van der Waals surface area contributed by atoms with Gasteiger partial charge in [0.1, 0.15) is 11.2 Å². The molecule has 0 spiro atoms. The molecule has 2 heterocycles. The lowest BCUT2D eigenvalue weighted by molar-refractivity contribution is 0.404. The summed E-state index contributed by atoms with van der Waals surface area (Å²) in [6.45, 7) is 5.92. The van der Waals surface area contributed by atoms with Crippen LogP contribution in [0.15, 0.2) is 23.8 Å². The fourth-order valence-electron chi connectivity index (χ4n) is 2.02. The van der Waals surface area contributed by atoms with E-state index in [0.717, 1.165) is 26.9 Å². The molecule has 0 aliphatic rings. The second-order valence-corrected chi connectivity index (χ2v) is 5.64. The van der Waals surface area contributed by atoms with Crippen LogP contribution in [0.3, 0.4) is 0 Å². The first kappa shape index (κ1) is 12.9. The fraction of sp³-hybridized carbons (Fsp3) is 0.200. The monoisotopic (exact) mass is 286 g/mol. The Hall–Kier alpha value is -2.14. The number of rotatable bonds is 2. The van der Waals surface area contributed by atoms with Crippen LogP contribution in [0.5, 0.6) is 17.4 Å². The normalized spacial score (nSPS) is 10.9. The molecule has 0 unspecified atom stereocenters. The van der Waals surface area contributed by atoms with E-state index in [9.17, 15) is 5.11 Å². The molecule has 0 saturated carbocycles. The van der Waals surface area contributed by atoms with Crippen LogP contribution in [-0.4, -0.2) is 15.1 Å². The molecule has 3 aromatic rings. The van der Waals surface area contributed by atoms with Crippen LogP contribution >= 0.6 is 11.3 Å². The van der Waals surface area contributed by atoms with Crippen LogP contribution in [0.4, 0.5) is 0 Å². The van der Waals surface area contributed by atoms with Gasteiger partial charge in [0.05, 0.1) is 5.39 Å². The van der Waals surface area contributed by atoms with Crippen molar-refractivity contribution in [1.29, 1.82) is 0 Å². The SMILES string of the molecule is Cc1cc(O)c(Oc2ncnc3scc(C)c23)cc1C. The summed E-state index contributed by atoms with van der Waals surface area (Å²) in [6, 6.07) is 3.52. The Bertz CT molecular complexity index is 796. The number of aryl methyl sites for hydroxylation is 3. The van der Waals surface area contributed by atoms with Gasteiger partial charge in [-0.15, -0.1) is 11.3 Å². The van der Waals surface area contributed by atoms with Crippen molar-refractivity contribution in [1.82, 2.24) is 9.97 Å². The molecule has 0 fully saturated rings. The van der Waals surface area contributed by atoms with E-state index in [4.69, 9.17) is 4.74 Å². The number of aromatic hydroxyl groups is 1. The Morgan fingerprint density at radius 3 is 2.60 bits per heavy atom. The van der Waals surface area contributed by atoms with E-state index in [1.807, 2.05) is 32.2 Å². The maximum Gasteiger partial charge on any atom is 0.231 e. The standard InChI is InChI=1S/C15H14N2O2S/c1-8-4-11(18)12(5-9(8)2)19-14-13-10(3)6-20-15(13)17-7-16-14/h4-7,18H,1-3H3. The second-order valence-electron chi connectivity index (χ2n) is 4.78. The summed E-state index contributed by atoms with van der Waals surface area (Å²) in [5, 5.41) is 12.9. The lowest BCUT2D eigenvalue weighted by atomic mass is 10.1. The molecule has 3 rings (SSSR count). The molecule has 102 valence electrons. The molecule has 1 aromatic carbocycles. The van der Waals surface area contributed by atoms with Crippen molar-refractivity contribution in [3.05, 3.63) is 40.5 Å². The van der Waals surface area contributed by atoms with Gasteiger partial charge in [-0.2, -0.15) is 0 Å². The summed E-state index contributed by atoms with van der Waals surface area (Å²) in [4.78, 5) is 9.30. The highest BCUT2D eigenvalue weighted by molar-refractivity contribution is 7.17. The van der Waals surface area contributed by atoms with Crippen molar-refractivity contribution in [2.45, 2.75) is 20.8 Å². The lowest BCUT2D eigenvalue weighted by Crippen LogP contribution is -1.92. The predicted molar refractivity (Wildman–Crippen MR) is 79.8 cm³/mol. The number of phenols is 1. The first-order chi connectivity index (χ1) is 9.56. The van der Waals surface area contributed by atoms with Crippen LogP contribution in [-0.2, 0) is 0 Å². The van der Waals surface area contributed by atoms with Crippen molar-refractivity contribution in [2.75, 3.05) is 0 Å². The maximum atomic E-state index is 10.0. The molecular formula is C15H14N2O2S. The molecule has 2 aromatic heterocycles. The van der Waals surface area contributed by atoms with E-state index >= 15 is 0 Å². The highest BCUT2D eigenvalue weighted by Gasteiger charge is 2.13. The predicted octanol–water partition coefficient (Wildman–Crippen LogP) is 4.11. The zero-order valence-corrected chi connectivity index (χ0v) is 12.3. The topological polar surface area (TPSA) is 55.2 Å². The van der Waals surface area contributed by atoms with E-state index in [1.165, 1.54) is 6.33 Å². The molecule has 1 N–H and O–H groups in total. The minimum atomic E-state index is 0.118. The number of aromatic nitrogens is 2. The summed E-state index contributed by atoms with van der Waals surface area (Å²) >= 11 is 1.55. The number of phenolic OH excluding ortho intramolecular Hbond substituents is 1. The van der Waals surface area contributed by atoms with Gasteiger partial charge in [0, 0.05) is 0 Å². The van der Waals surface area contributed by atoms with E-state index in [0.29, 0.717) is 11.6 Å². The molecule has 0 atom stereocenters. The van der Waals surface area contributed by atoms with E-state index in [-0.39, 0.29) is 5.75 Å². The van der Waals surface area contributed by atoms with Gasteiger partial charge in [-0.3, -0.25) is 0 Å². The van der Waals surface area contributed by atoms with Crippen molar-refractivity contribution in [3.63, 3.8) is 0 Å². The molecule has 0 radical (unpaired) electrons. The minimum Gasteiger partial charge on any atom is -0.504 e. The van der Waals surface area contributed by atoms with Gasteiger partial charge in [0.15, 0.2) is 11.5 Å². The number of thiophene rings is 1. The number of nitrogens with zero attached hydrogens (tertiary/aromatic N) is 2. The summed E-state index contributed by atoms with van der Waals surface area (Å²) in [5.41, 5.74) is 3.16. The van der Waals surface area contributed by atoms with Crippen molar-refractivity contribution in [3.8, 4) is 17.4 Å². The lowest BCUT2D eigenvalue weighted by Gasteiger charge is -2.10. The average molecular weight is 286 g/mol. The van der Waals surface area contributed by atoms with Crippen LogP contribution in [0.2, 0.25) is 0 Å². The van der Waals surface area contributed by atoms with Gasteiger partial charge < -0.3 is 9.84 Å². The Balaban J connectivity index is 2.10. The van der Waals surface area contributed by atoms with Gasteiger partial charge in [0.25, 0.3) is 0 Å². The molecule has 0 amide bonds. The number of benzene rings is 1. The molecular weight excluding hydrogens is 272 g/mol. The van der Waals surface area contributed by atoms with Crippen LogP contribution in [0, 0.1) is 20.8 Å². The first-order valence-electron chi connectivity index (χ1n) is 6.23. The average Bonchev–Trinajstić information content (AvgIpc) is 2.79. The summed E-state index contributed by atoms with van der Waals surface area (Å²) in [6.07, 6.45) is 1.48. The van der Waals surface area contributed by atoms with Crippen LogP contribution < -0.4 is 4.74 Å². The molecule has 0 bridgehead atoms. The number of fused-ring (bicyclic) bond motifs is 1. The Morgan fingerprint density at radius 2 is 1.80 bits per heavy atom. The van der Waals surface area contributed by atoms with Crippen molar-refractivity contribution < 1.29 is 9.84 Å². The highest BCUT2D eigenvalue weighted by atomic mass is 32.1. The largest absolute Gasteiger partial charge is 0.504 e. The van der Waals surface area contributed by atoms with Crippen LogP contribution in [0.1, 0.15) is 16.7 Å². The summed E-state index contributed by atoms with van der Waals surface area (Å²) < 4.78 is 5.80. The molecule has 0 saturated heterocycles. The molecule has 5 heteroatoms. The van der Waals surface area contributed by atoms with Crippen LogP contribution in [0.25, 0.3) is 10.2 Å². The smallest absolute Gasteiger partial charge is 0.231 e.